The second kappa shape index (κ2) is 6.68. The van der Waals surface area contributed by atoms with Crippen LogP contribution in [0.2, 0.25) is 0 Å². The summed E-state index contributed by atoms with van der Waals surface area (Å²) < 4.78 is 0. The van der Waals surface area contributed by atoms with E-state index in [9.17, 15) is 4.79 Å². The normalized spacial score (nSPS) is 20.4. The lowest BCUT2D eigenvalue weighted by Gasteiger charge is -2.32. The van der Waals surface area contributed by atoms with Gasteiger partial charge < -0.3 is 15.3 Å². The van der Waals surface area contributed by atoms with E-state index >= 15 is 0 Å². The minimum absolute atomic E-state index is 0.343. The highest BCUT2D eigenvalue weighted by Gasteiger charge is 2.17. The number of carboxylic acid groups (broad SMARTS) is 1. The van der Waals surface area contributed by atoms with Crippen LogP contribution in [0.25, 0.3) is 0 Å². The molecule has 0 saturated carbocycles. The van der Waals surface area contributed by atoms with E-state index in [1.165, 1.54) is 25.8 Å². The number of benzene rings is 1. The summed E-state index contributed by atoms with van der Waals surface area (Å²) in [6, 6.07) is 7.70. The molecule has 2 N–H and O–H groups in total. The summed E-state index contributed by atoms with van der Waals surface area (Å²) in [6.07, 6.45) is 3.90. The Morgan fingerprint density at radius 3 is 2.74 bits per heavy atom. The smallest absolute Gasteiger partial charge is 0.335 e. The highest BCUT2D eigenvalue weighted by atomic mass is 16.4. The highest BCUT2D eigenvalue weighted by Crippen LogP contribution is 2.14. The fourth-order valence-electron chi connectivity index (χ4n) is 2.55. The van der Waals surface area contributed by atoms with Crippen LogP contribution in [0.15, 0.2) is 24.3 Å². The summed E-state index contributed by atoms with van der Waals surface area (Å²) in [7, 11) is 2.19. The van der Waals surface area contributed by atoms with Crippen LogP contribution in [0.3, 0.4) is 0 Å². The Labute approximate surface area is 114 Å². The van der Waals surface area contributed by atoms with Gasteiger partial charge in [0.05, 0.1) is 5.56 Å². The largest absolute Gasteiger partial charge is 0.478 e. The molecule has 4 nitrogen and oxygen atoms in total. The number of hydrogen-bond acceptors (Lipinski definition) is 3. The zero-order chi connectivity index (χ0) is 13.7. The summed E-state index contributed by atoms with van der Waals surface area (Å²) >= 11 is 0. The van der Waals surface area contributed by atoms with Gasteiger partial charge in [0.25, 0.3) is 0 Å². The molecule has 1 aromatic carbocycles. The van der Waals surface area contributed by atoms with Crippen molar-refractivity contribution in [3.63, 3.8) is 0 Å². The van der Waals surface area contributed by atoms with Gasteiger partial charge in [-0.15, -0.1) is 0 Å². The maximum absolute atomic E-state index is 10.7. The number of likely N-dealkylation sites (N-methyl/N-ethyl adjacent to an activating group) is 1. The molecule has 1 aliphatic heterocycles. The van der Waals surface area contributed by atoms with Crippen LogP contribution >= 0.6 is 0 Å². The topological polar surface area (TPSA) is 52.6 Å². The summed E-state index contributed by atoms with van der Waals surface area (Å²) in [4.78, 5) is 13.2. The zero-order valence-electron chi connectivity index (χ0n) is 11.4. The molecule has 0 amide bonds. The number of carboxylic acids is 1. The molecule has 1 atom stereocenters. The van der Waals surface area contributed by atoms with E-state index < -0.39 is 5.97 Å². The molecule has 0 radical (unpaired) electrons. The summed E-state index contributed by atoms with van der Waals surface area (Å²) in [5, 5.41) is 12.3. The number of likely N-dealkylation sites (tertiary alicyclic amines) is 1. The average molecular weight is 262 g/mol. The molecule has 1 aliphatic rings. The molecule has 19 heavy (non-hydrogen) atoms. The molecule has 0 bridgehead atoms. The number of nitrogens with zero attached hydrogens (tertiary/aromatic N) is 1. The number of carbonyl (C=O) groups is 1. The van der Waals surface area contributed by atoms with E-state index in [1.54, 1.807) is 12.1 Å². The molecular weight excluding hydrogens is 240 g/mol. The van der Waals surface area contributed by atoms with Crippen LogP contribution in [-0.2, 0) is 6.54 Å². The minimum Gasteiger partial charge on any atom is -0.478 e. The Bertz CT molecular complexity index is 417. The first kappa shape index (κ1) is 14.0. The molecular formula is C15H22N2O2. The van der Waals surface area contributed by atoms with Crippen molar-refractivity contribution in [2.75, 3.05) is 20.1 Å². The molecule has 0 aromatic heterocycles. The molecule has 104 valence electrons. The van der Waals surface area contributed by atoms with Gasteiger partial charge in [-0.2, -0.15) is 0 Å². The van der Waals surface area contributed by atoms with Gasteiger partial charge in [-0.25, -0.2) is 4.79 Å². The van der Waals surface area contributed by atoms with Crippen molar-refractivity contribution in [1.82, 2.24) is 10.2 Å². The predicted octanol–water partition coefficient (Wildman–Crippen LogP) is 1.96. The lowest BCUT2D eigenvalue weighted by Crippen LogP contribution is -2.42. The van der Waals surface area contributed by atoms with Crippen molar-refractivity contribution in [2.45, 2.75) is 31.8 Å². The first-order valence-electron chi connectivity index (χ1n) is 6.90. The van der Waals surface area contributed by atoms with E-state index in [0.29, 0.717) is 11.6 Å². The van der Waals surface area contributed by atoms with Crippen molar-refractivity contribution in [3.8, 4) is 0 Å². The third-order valence-electron chi connectivity index (χ3n) is 3.83. The van der Waals surface area contributed by atoms with Crippen molar-refractivity contribution in [2.24, 2.45) is 0 Å². The molecule has 0 aliphatic carbocycles. The van der Waals surface area contributed by atoms with Crippen LogP contribution < -0.4 is 5.32 Å². The third-order valence-corrected chi connectivity index (χ3v) is 3.83. The first-order valence-corrected chi connectivity index (χ1v) is 6.90. The zero-order valence-corrected chi connectivity index (χ0v) is 11.4. The number of rotatable bonds is 5. The van der Waals surface area contributed by atoms with E-state index in [2.05, 4.69) is 17.3 Å². The van der Waals surface area contributed by atoms with E-state index in [-0.39, 0.29) is 0 Å². The van der Waals surface area contributed by atoms with Gasteiger partial charge in [-0.3, -0.25) is 0 Å². The van der Waals surface area contributed by atoms with Gasteiger partial charge in [0.2, 0.25) is 0 Å². The van der Waals surface area contributed by atoms with Crippen LogP contribution in [0.4, 0.5) is 0 Å². The van der Waals surface area contributed by atoms with Gasteiger partial charge in [-0.1, -0.05) is 18.6 Å². The van der Waals surface area contributed by atoms with Gasteiger partial charge >= 0.3 is 5.97 Å². The highest BCUT2D eigenvalue weighted by molar-refractivity contribution is 5.87. The van der Waals surface area contributed by atoms with Crippen LogP contribution in [-0.4, -0.2) is 42.2 Å². The lowest BCUT2D eigenvalue weighted by atomic mass is 10.0. The molecule has 1 aromatic rings. The minimum atomic E-state index is -0.872. The van der Waals surface area contributed by atoms with Gasteiger partial charge in [0, 0.05) is 19.1 Å². The second-order valence-corrected chi connectivity index (χ2v) is 5.26. The number of nitrogens with one attached hydrogen (secondary N) is 1. The quantitative estimate of drug-likeness (QED) is 0.851. The predicted molar refractivity (Wildman–Crippen MR) is 75.4 cm³/mol. The molecule has 1 fully saturated rings. The molecule has 2 rings (SSSR count). The summed E-state index contributed by atoms with van der Waals surface area (Å²) in [5.41, 5.74) is 1.47. The second-order valence-electron chi connectivity index (χ2n) is 5.26. The fraction of sp³-hybridized carbons (Fsp3) is 0.533. The molecule has 1 heterocycles. The Balaban J connectivity index is 1.77. The maximum Gasteiger partial charge on any atom is 0.335 e. The number of aromatic carboxylic acids is 1. The van der Waals surface area contributed by atoms with Crippen LogP contribution in [0.1, 0.15) is 35.2 Å². The molecule has 4 heteroatoms. The Morgan fingerprint density at radius 2 is 2.11 bits per heavy atom. The van der Waals surface area contributed by atoms with Crippen molar-refractivity contribution >= 4 is 5.97 Å². The number of hydrogen-bond donors (Lipinski definition) is 2. The Kier molecular flexibility index (Phi) is 4.93. The third kappa shape index (κ3) is 4.04. The van der Waals surface area contributed by atoms with Gasteiger partial charge in [0.1, 0.15) is 0 Å². The van der Waals surface area contributed by atoms with E-state index in [0.717, 1.165) is 18.7 Å². The van der Waals surface area contributed by atoms with Crippen LogP contribution in [0.5, 0.6) is 0 Å². The van der Waals surface area contributed by atoms with E-state index in [4.69, 9.17) is 5.11 Å². The average Bonchev–Trinajstić information content (AvgIpc) is 2.41. The first-order chi connectivity index (χ1) is 9.16. The van der Waals surface area contributed by atoms with Crippen molar-refractivity contribution in [3.05, 3.63) is 35.4 Å². The SMILES string of the molecule is CN1CCCCC1CNCc1ccc(C(=O)O)cc1. The lowest BCUT2D eigenvalue weighted by molar-refractivity contribution is 0.0697. The monoisotopic (exact) mass is 262 g/mol. The van der Waals surface area contributed by atoms with E-state index in [1.807, 2.05) is 12.1 Å². The van der Waals surface area contributed by atoms with Crippen molar-refractivity contribution < 1.29 is 9.90 Å². The Morgan fingerprint density at radius 1 is 1.37 bits per heavy atom. The number of piperidine rings is 1. The molecule has 1 saturated heterocycles. The van der Waals surface area contributed by atoms with Crippen molar-refractivity contribution in [1.29, 1.82) is 0 Å². The van der Waals surface area contributed by atoms with Crippen LogP contribution in [0, 0.1) is 0 Å². The fourth-order valence-corrected chi connectivity index (χ4v) is 2.55. The maximum atomic E-state index is 10.7. The summed E-state index contributed by atoms with van der Waals surface area (Å²) in [5.74, 6) is -0.872. The van der Waals surface area contributed by atoms with Gasteiger partial charge in [0.15, 0.2) is 0 Å². The van der Waals surface area contributed by atoms with Gasteiger partial charge in [-0.05, 0) is 44.1 Å². The summed E-state index contributed by atoms with van der Waals surface area (Å²) in [6.45, 7) is 2.99. The molecule has 0 spiro atoms. The molecule has 1 unspecified atom stereocenters. The standard InChI is InChI=1S/C15H22N2O2/c1-17-9-3-2-4-14(17)11-16-10-12-5-7-13(8-6-12)15(18)19/h5-8,14,16H,2-4,9-11H2,1H3,(H,18,19). The Hall–Kier alpha value is -1.39.